The van der Waals surface area contributed by atoms with E-state index < -0.39 is 38.1 Å². The smallest absolute Gasteiger partial charge is 0.422 e. The van der Waals surface area contributed by atoms with E-state index in [9.17, 15) is 0 Å². The SMILES string of the molecule is c1ccc(C[SiH2]O[Si](O[SiH2]Cc2ccccc2)(O[SiH2]Cc2ccccc2)C2CCCC2)cc1. The lowest BCUT2D eigenvalue weighted by Gasteiger charge is -2.36. The van der Waals surface area contributed by atoms with Gasteiger partial charge in [0, 0.05) is 5.54 Å². The summed E-state index contributed by atoms with van der Waals surface area (Å²) in [7, 11) is -4.89. The van der Waals surface area contributed by atoms with Crippen molar-refractivity contribution in [2.75, 3.05) is 0 Å². The van der Waals surface area contributed by atoms with E-state index in [1.54, 1.807) is 0 Å². The summed E-state index contributed by atoms with van der Waals surface area (Å²) < 4.78 is 20.7. The topological polar surface area (TPSA) is 27.7 Å². The molecular weight excluding hydrogens is 473 g/mol. The standard InChI is InChI=1S/C26H36O3Si4/c1-4-12-23(13-5-1)20-30-27-33(26-18-10-11-19-26,28-31-21-24-14-6-2-7-15-24)29-32-22-25-16-8-3-9-17-25/h1-9,12-17,26H,10-11,18-22,30-32H2. The van der Waals surface area contributed by atoms with Gasteiger partial charge in [-0.15, -0.1) is 0 Å². The molecule has 0 unspecified atom stereocenters. The molecule has 4 rings (SSSR count). The first-order valence-corrected chi connectivity index (χ1v) is 18.9. The number of benzene rings is 3. The largest absolute Gasteiger partial charge is 0.471 e. The molecule has 3 aromatic rings. The minimum atomic E-state index is -2.64. The Balaban J connectivity index is 1.44. The highest BCUT2D eigenvalue weighted by Gasteiger charge is 2.48. The molecule has 0 spiro atoms. The maximum atomic E-state index is 6.90. The molecule has 1 saturated carbocycles. The Morgan fingerprint density at radius 2 is 0.879 bits per heavy atom. The van der Waals surface area contributed by atoms with Crippen molar-refractivity contribution in [3.63, 3.8) is 0 Å². The minimum absolute atomic E-state index is 0.507. The van der Waals surface area contributed by atoms with Crippen LogP contribution in [0, 0.1) is 0 Å². The van der Waals surface area contributed by atoms with Crippen molar-refractivity contribution < 1.29 is 12.3 Å². The van der Waals surface area contributed by atoms with E-state index in [0.29, 0.717) is 5.54 Å². The van der Waals surface area contributed by atoms with Crippen LogP contribution in [-0.4, -0.2) is 38.1 Å². The molecule has 0 aliphatic heterocycles. The predicted octanol–water partition coefficient (Wildman–Crippen LogP) is 3.77. The highest BCUT2D eigenvalue weighted by Crippen LogP contribution is 2.40. The highest BCUT2D eigenvalue weighted by molar-refractivity contribution is 6.74. The van der Waals surface area contributed by atoms with Crippen molar-refractivity contribution in [2.45, 2.75) is 49.4 Å². The van der Waals surface area contributed by atoms with E-state index in [1.807, 2.05) is 0 Å². The molecule has 0 aromatic heterocycles. The van der Waals surface area contributed by atoms with Crippen LogP contribution in [0.4, 0.5) is 0 Å². The zero-order valence-corrected chi connectivity index (χ0v) is 24.8. The quantitative estimate of drug-likeness (QED) is 0.329. The molecule has 0 bridgehead atoms. The van der Waals surface area contributed by atoms with Crippen LogP contribution in [0.5, 0.6) is 0 Å². The Bertz CT molecular complexity index is 811. The van der Waals surface area contributed by atoms with Crippen LogP contribution >= 0.6 is 0 Å². The van der Waals surface area contributed by atoms with Gasteiger partial charge in [-0.3, -0.25) is 0 Å². The van der Waals surface area contributed by atoms with Gasteiger partial charge in [-0.1, -0.05) is 104 Å². The lowest BCUT2D eigenvalue weighted by molar-refractivity contribution is 0.258. The second-order valence-corrected chi connectivity index (χ2v) is 17.0. The summed E-state index contributed by atoms with van der Waals surface area (Å²) in [5.41, 5.74) is 4.64. The molecule has 0 radical (unpaired) electrons. The molecule has 33 heavy (non-hydrogen) atoms. The van der Waals surface area contributed by atoms with E-state index in [1.165, 1.54) is 42.4 Å². The maximum Gasteiger partial charge on any atom is 0.471 e. The van der Waals surface area contributed by atoms with Gasteiger partial charge in [0.15, 0.2) is 29.3 Å². The Morgan fingerprint density at radius 3 is 1.21 bits per heavy atom. The summed E-state index contributed by atoms with van der Waals surface area (Å²) >= 11 is 0. The first-order chi connectivity index (χ1) is 16.3. The second-order valence-electron chi connectivity index (χ2n) is 8.84. The molecule has 7 heteroatoms. The molecule has 174 valence electrons. The van der Waals surface area contributed by atoms with Gasteiger partial charge in [0.2, 0.25) is 0 Å². The van der Waals surface area contributed by atoms with Crippen molar-refractivity contribution in [3.8, 4) is 0 Å². The second kappa shape index (κ2) is 13.3. The monoisotopic (exact) mass is 508 g/mol. The number of hydrogen-bond donors (Lipinski definition) is 0. The van der Waals surface area contributed by atoms with Gasteiger partial charge in [-0.25, -0.2) is 0 Å². The van der Waals surface area contributed by atoms with Gasteiger partial charge < -0.3 is 12.3 Å². The van der Waals surface area contributed by atoms with Crippen LogP contribution in [0.15, 0.2) is 91.0 Å². The fourth-order valence-electron chi connectivity index (χ4n) is 4.63. The Hall–Kier alpha value is -1.59. The van der Waals surface area contributed by atoms with Gasteiger partial charge in [0.1, 0.15) is 0 Å². The Labute approximate surface area is 207 Å². The van der Waals surface area contributed by atoms with Crippen LogP contribution < -0.4 is 0 Å². The minimum Gasteiger partial charge on any atom is -0.422 e. The third-order valence-corrected chi connectivity index (χ3v) is 17.7. The molecule has 0 N–H and O–H groups in total. The normalized spacial score (nSPS) is 17.1. The van der Waals surface area contributed by atoms with Crippen LogP contribution in [0.25, 0.3) is 0 Å². The van der Waals surface area contributed by atoms with Gasteiger partial charge in [-0.2, -0.15) is 0 Å². The summed E-state index contributed by atoms with van der Waals surface area (Å²) in [4.78, 5) is 0. The zero-order valence-electron chi connectivity index (χ0n) is 19.5. The highest BCUT2D eigenvalue weighted by atomic mass is 28.5. The molecule has 0 saturated heterocycles. The summed E-state index contributed by atoms with van der Waals surface area (Å²) in [6.45, 7) is 0. The summed E-state index contributed by atoms with van der Waals surface area (Å²) in [6, 6.07) is 35.4. The summed E-state index contributed by atoms with van der Waals surface area (Å²) in [6.07, 6.45) is 5.00. The number of hydrogen-bond acceptors (Lipinski definition) is 3. The third kappa shape index (κ3) is 7.71. The molecular formula is C26H36O3Si4. The lowest BCUT2D eigenvalue weighted by atomic mass is 10.2. The van der Waals surface area contributed by atoms with E-state index in [4.69, 9.17) is 12.3 Å². The van der Waals surface area contributed by atoms with Gasteiger partial charge >= 0.3 is 8.80 Å². The van der Waals surface area contributed by atoms with Crippen LogP contribution in [-0.2, 0) is 30.5 Å². The maximum absolute atomic E-state index is 6.90. The summed E-state index contributed by atoms with van der Waals surface area (Å²) in [5.74, 6) is 0. The number of rotatable bonds is 13. The lowest BCUT2D eigenvalue weighted by Crippen LogP contribution is -2.53. The average molecular weight is 509 g/mol. The van der Waals surface area contributed by atoms with Crippen molar-refractivity contribution in [1.29, 1.82) is 0 Å². The van der Waals surface area contributed by atoms with E-state index >= 15 is 0 Å². The zero-order chi connectivity index (χ0) is 22.6. The molecule has 1 aliphatic rings. The van der Waals surface area contributed by atoms with E-state index in [0.717, 1.165) is 18.1 Å². The fourth-order valence-corrected chi connectivity index (χ4v) is 18.2. The third-order valence-electron chi connectivity index (χ3n) is 6.47. The first kappa shape index (κ1) is 24.5. The Kier molecular flexibility index (Phi) is 9.91. The first-order valence-electron chi connectivity index (χ1n) is 12.4. The molecule has 3 nitrogen and oxygen atoms in total. The molecule has 1 fully saturated rings. The van der Waals surface area contributed by atoms with Crippen LogP contribution in [0.2, 0.25) is 5.54 Å². The van der Waals surface area contributed by atoms with Crippen molar-refractivity contribution in [3.05, 3.63) is 108 Å². The van der Waals surface area contributed by atoms with E-state index in [2.05, 4.69) is 91.0 Å². The average Bonchev–Trinajstić information content (AvgIpc) is 3.42. The molecule has 1 aliphatic carbocycles. The van der Waals surface area contributed by atoms with E-state index in [-0.39, 0.29) is 0 Å². The van der Waals surface area contributed by atoms with Crippen molar-refractivity contribution >= 4 is 38.1 Å². The van der Waals surface area contributed by atoms with Crippen molar-refractivity contribution in [2.24, 2.45) is 0 Å². The molecule has 0 amide bonds. The van der Waals surface area contributed by atoms with Gasteiger partial charge in [-0.05, 0) is 47.7 Å². The summed E-state index contributed by atoms with van der Waals surface area (Å²) in [5, 5.41) is 0. The molecule has 3 aromatic carbocycles. The van der Waals surface area contributed by atoms with Crippen LogP contribution in [0.3, 0.4) is 0 Å². The molecule has 0 atom stereocenters. The fraction of sp³-hybridized carbons (Fsp3) is 0.308. The molecule has 0 heterocycles. The van der Waals surface area contributed by atoms with Crippen LogP contribution in [0.1, 0.15) is 42.4 Å². The van der Waals surface area contributed by atoms with Crippen molar-refractivity contribution in [1.82, 2.24) is 0 Å². The van der Waals surface area contributed by atoms with Gasteiger partial charge in [0.05, 0.1) is 0 Å². The Morgan fingerprint density at radius 1 is 0.545 bits per heavy atom. The van der Waals surface area contributed by atoms with Gasteiger partial charge in [0.25, 0.3) is 0 Å². The predicted molar refractivity (Wildman–Crippen MR) is 147 cm³/mol.